The first-order valence-corrected chi connectivity index (χ1v) is 6.85. The molecule has 0 unspecified atom stereocenters. The summed E-state index contributed by atoms with van der Waals surface area (Å²) in [5.74, 6) is -0.295. The number of anilines is 1. The van der Waals surface area contributed by atoms with Gasteiger partial charge >= 0.3 is 0 Å². The first-order chi connectivity index (χ1) is 10.1. The lowest BCUT2D eigenvalue weighted by Crippen LogP contribution is -2.36. The van der Waals surface area contributed by atoms with Crippen LogP contribution in [0.2, 0.25) is 0 Å². The van der Waals surface area contributed by atoms with Crippen molar-refractivity contribution in [3.63, 3.8) is 0 Å². The molecule has 1 aromatic heterocycles. The van der Waals surface area contributed by atoms with Gasteiger partial charge in [-0.1, -0.05) is 18.2 Å². The molecule has 0 saturated heterocycles. The normalized spacial score (nSPS) is 14.4. The minimum atomic E-state index is -0.167. The van der Waals surface area contributed by atoms with E-state index in [2.05, 4.69) is 5.32 Å². The van der Waals surface area contributed by atoms with Crippen LogP contribution in [0.15, 0.2) is 36.4 Å². The summed E-state index contributed by atoms with van der Waals surface area (Å²) in [6, 6.07) is 11.3. The molecule has 1 aliphatic rings. The molecule has 108 valence electrons. The zero-order chi connectivity index (χ0) is 15.0. The van der Waals surface area contributed by atoms with Gasteiger partial charge in [-0.2, -0.15) is 0 Å². The maximum absolute atomic E-state index is 12.7. The number of hydrogen-bond donors (Lipinski definition) is 1. The summed E-state index contributed by atoms with van der Waals surface area (Å²) >= 11 is 0. The topological polar surface area (TPSA) is 54.3 Å². The van der Waals surface area contributed by atoms with Gasteiger partial charge in [0.15, 0.2) is 0 Å². The molecule has 2 aromatic rings. The molecule has 0 radical (unpaired) electrons. The number of nitrogens with one attached hydrogen (secondary N) is 1. The van der Waals surface area contributed by atoms with Crippen LogP contribution in [-0.2, 0) is 18.4 Å². The van der Waals surface area contributed by atoms with Gasteiger partial charge in [0, 0.05) is 25.0 Å². The quantitative estimate of drug-likeness (QED) is 0.869. The van der Waals surface area contributed by atoms with Crippen molar-refractivity contribution >= 4 is 17.5 Å². The number of hydrogen-bond acceptors (Lipinski definition) is 2. The van der Waals surface area contributed by atoms with Crippen LogP contribution in [0.25, 0.3) is 0 Å². The Morgan fingerprint density at radius 1 is 1.14 bits per heavy atom. The summed E-state index contributed by atoms with van der Waals surface area (Å²) < 4.78 is 1.84. The number of rotatable bonds is 1. The summed E-state index contributed by atoms with van der Waals surface area (Å²) in [7, 11) is 1.86. The van der Waals surface area contributed by atoms with Gasteiger partial charge in [-0.3, -0.25) is 9.59 Å². The number of carbonyl (C=O) groups excluding carboxylic acids is 2. The van der Waals surface area contributed by atoms with Crippen molar-refractivity contribution in [1.82, 2.24) is 9.47 Å². The fraction of sp³-hybridized carbons (Fsp3) is 0.250. The summed E-state index contributed by atoms with van der Waals surface area (Å²) in [5, 5.41) is 2.84. The van der Waals surface area contributed by atoms with Crippen LogP contribution in [0, 0.1) is 6.92 Å². The lowest BCUT2D eigenvalue weighted by Gasteiger charge is -2.20. The molecule has 0 bridgehead atoms. The summed E-state index contributed by atoms with van der Waals surface area (Å²) in [6.45, 7) is 2.44. The third-order valence-corrected chi connectivity index (χ3v) is 3.87. The second-order valence-corrected chi connectivity index (χ2v) is 5.29. The number of aryl methyl sites for hydroxylation is 1. The highest BCUT2D eigenvalue weighted by molar-refractivity contribution is 6.00. The molecule has 5 heteroatoms. The average molecular weight is 283 g/mol. The Morgan fingerprint density at radius 2 is 1.90 bits per heavy atom. The molecule has 1 aliphatic heterocycles. The van der Waals surface area contributed by atoms with E-state index in [1.165, 1.54) is 0 Å². The van der Waals surface area contributed by atoms with Crippen molar-refractivity contribution < 1.29 is 9.59 Å². The highest BCUT2D eigenvalue weighted by atomic mass is 16.2. The molecule has 0 fully saturated rings. The van der Waals surface area contributed by atoms with Crippen molar-refractivity contribution in [1.29, 1.82) is 0 Å². The van der Waals surface area contributed by atoms with Gasteiger partial charge in [-0.15, -0.1) is 0 Å². The zero-order valence-electron chi connectivity index (χ0n) is 12.1. The van der Waals surface area contributed by atoms with Gasteiger partial charge in [0.1, 0.15) is 12.2 Å². The second kappa shape index (κ2) is 5.09. The van der Waals surface area contributed by atoms with Crippen LogP contribution in [0.3, 0.4) is 0 Å². The lowest BCUT2D eigenvalue weighted by atomic mass is 10.1. The van der Waals surface area contributed by atoms with Crippen LogP contribution in [-0.4, -0.2) is 27.8 Å². The third-order valence-electron chi connectivity index (χ3n) is 3.87. The molecule has 3 rings (SSSR count). The maximum atomic E-state index is 12.7. The predicted octanol–water partition coefficient (Wildman–Crippen LogP) is 1.93. The minimum absolute atomic E-state index is 0.0672. The van der Waals surface area contributed by atoms with Crippen LogP contribution < -0.4 is 5.32 Å². The van der Waals surface area contributed by atoms with E-state index < -0.39 is 0 Å². The Balaban J connectivity index is 1.94. The van der Waals surface area contributed by atoms with E-state index in [1.54, 1.807) is 11.0 Å². The van der Waals surface area contributed by atoms with Crippen molar-refractivity contribution in [2.75, 3.05) is 11.9 Å². The molecule has 0 saturated carbocycles. The van der Waals surface area contributed by atoms with E-state index in [-0.39, 0.29) is 18.4 Å². The Morgan fingerprint density at radius 3 is 2.62 bits per heavy atom. The Labute approximate surface area is 123 Å². The molecule has 1 aromatic carbocycles. The number of amides is 2. The van der Waals surface area contributed by atoms with E-state index in [4.69, 9.17) is 0 Å². The maximum Gasteiger partial charge on any atom is 0.271 e. The van der Waals surface area contributed by atoms with Crippen LogP contribution in [0.4, 0.5) is 5.69 Å². The van der Waals surface area contributed by atoms with E-state index in [0.717, 1.165) is 16.9 Å². The highest BCUT2D eigenvalue weighted by Crippen LogP contribution is 2.21. The highest BCUT2D eigenvalue weighted by Gasteiger charge is 2.25. The molecule has 0 atom stereocenters. The summed E-state index contributed by atoms with van der Waals surface area (Å²) in [4.78, 5) is 26.2. The van der Waals surface area contributed by atoms with Gasteiger partial charge in [0.2, 0.25) is 5.91 Å². The first kappa shape index (κ1) is 13.4. The molecule has 0 aliphatic carbocycles. The number of benzene rings is 1. The molecule has 5 nitrogen and oxygen atoms in total. The van der Waals surface area contributed by atoms with E-state index in [9.17, 15) is 9.59 Å². The standard InChI is InChI=1S/C16H17N3O2/c1-11-7-8-14(18(11)2)16(21)19-9-12-5-3-4-6-13(12)17-15(20)10-19/h3-8H,9-10H2,1-2H3,(H,17,20). The van der Waals surface area contributed by atoms with Crippen molar-refractivity contribution in [3.8, 4) is 0 Å². The Hall–Kier alpha value is -2.56. The first-order valence-electron chi connectivity index (χ1n) is 6.85. The van der Waals surface area contributed by atoms with E-state index in [1.807, 2.05) is 48.9 Å². The summed E-state index contributed by atoms with van der Waals surface area (Å²) in [6.07, 6.45) is 0. The fourth-order valence-electron chi connectivity index (χ4n) is 2.54. The van der Waals surface area contributed by atoms with E-state index >= 15 is 0 Å². The third kappa shape index (κ3) is 2.42. The number of carbonyl (C=O) groups is 2. The monoisotopic (exact) mass is 283 g/mol. The molecule has 2 amide bonds. The number of aromatic nitrogens is 1. The van der Waals surface area contributed by atoms with Gasteiger partial charge in [0.25, 0.3) is 5.91 Å². The SMILES string of the molecule is Cc1ccc(C(=O)N2CC(=O)Nc3ccccc3C2)n1C. The molecular formula is C16H17N3O2. The average Bonchev–Trinajstić information content (AvgIpc) is 2.70. The molecule has 1 N–H and O–H groups in total. The molecule has 0 spiro atoms. The van der Waals surface area contributed by atoms with Crippen LogP contribution in [0.5, 0.6) is 0 Å². The van der Waals surface area contributed by atoms with E-state index in [0.29, 0.717) is 12.2 Å². The van der Waals surface area contributed by atoms with Gasteiger partial charge in [-0.25, -0.2) is 0 Å². The minimum Gasteiger partial charge on any atom is -0.344 e. The molecule has 21 heavy (non-hydrogen) atoms. The lowest BCUT2D eigenvalue weighted by molar-refractivity contribution is -0.116. The fourth-order valence-corrected chi connectivity index (χ4v) is 2.54. The largest absolute Gasteiger partial charge is 0.344 e. The van der Waals surface area contributed by atoms with Crippen LogP contribution in [0.1, 0.15) is 21.7 Å². The predicted molar refractivity (Wildman–Crippen MR) is 80.0 cm³/mol. The smallest absolute Gasteiger partial charge is 0.271 e. The number of para-hydroxylation sites is 1. The van der Waals surface area contributed by atoms with Crippen molar-refractivity contribution in [2.24, 2.45) is 7.05 Å². The Kier molecular flexibility index (Phi) is 3.25. The van der Waals surface area contributed by atoms with Gasteiger partial charge in [-0.05, 0) is 30.7 Å². The second-order valence-electron chi connectivity index (χ2n) is 5.29. The zero-order valence-corrected chi connectivity index (χ0v) is 12.1. The number of nitrogens with zero attached hydrogens (tertiary/aromatic N) is 2. The molecule has 2 heterocycles. The Bertz CT molecular complexity index is 718. The van der Waals surface area contributed by atoms with Gasteiger partial charge in [0.05, 0.1) is 0 Å². The van der Waals surface area contributed by atoms with Crippen molar-refractivity contribution in [3.05, 3.63) is 53.3 Å². The van der Waals surface area contributed by atoms with Gasteiger partial charge < -0.3 is 14.8 Å². The van der Waals surface area contributed by atoms with Crippen molar-refractivity contribution in [2.45, 2.75) is 13.5 Å². The summed E-state index contributed by atoms with van der Waals surface area (Å²) in [5.41, 5.74) is 3.33. The number of fused-ring (bicyclic) bond motifs is 1. The molecular weight excluding hydrogens is 266 g/mol. The van der Waals surface area contributed by atoms with Crippen LogP contribution >= 0.6 is 0 Å².